The van der Waals surface area contributed by atoms with Crippen LogP contribution in [0.25, 0.3) is 6.08 Å². The van der Waals surface area contributed by atoms with Gasteiger partial charge >= 0.3 is 12.4 Å². The third kappa shape index (κ3) is 7.02. The number of nitrogens with one attached hydrogen (secondary N) is 1. The van der Waals surface area contributed by atoms with Crippen molar-refractivity contribution in [1.82, 2.24) is 5.32 Å². The molecular weight excluding hydrogens is 521 g/mol. The van der Waals surface area contributed by atoms with Crippen LogP contribution < -0.4 is 11.1 Å². The van der Waals surface area contributed by atoms with Crippen molar-refractivity contribution in [2.24, 2.45) is 5.73 Å². The van der Waals surface area contributed by atoms with E-state index >= 15 is 0 Å². The number of primary amides is 1. The SMILES string of the molecule is NC(=O)CNC(=O)c1ccc(C=CC(c2cc(Cl)c(Cl)c(Cl)c2)C(F)(F)F)cc1C(F)(F)F. The zero-order valence-electron chi connectivity index (χ0n) is 16.1. The van der Waals surface area contributed by atoms with Gasteiger partial charge in [-0.05, 0) is 35.4 Å². The van der Waals surface area contributed by atoms with Gasteiger partial charge in [0.1, 0.15) is 0 Å². The van der Waals surface area contributed by atoms with Crippen molar-refractivity contribution in [2.45, 2.75) is 18.3 Å². The first-order valence-electron chi connectivity index (χ1n) is 8.78. The predicted molar refractivity (Wildman–Crippen MR) is 112 cm³/mol. The number of rotatable bonds is 6. The van der Waals surface area contributed by atoms with Crippen LogP contribution in [0, 0.1) is 0 Å². The third-order valence-electron chi connectivity index (χ3n) is 4.22. The molecule has 13 heteroatoms. The third-order valence-corrected chi connectivity index (χ3v) is 5.41. The summed E-state index contributed by atoms with van der Waals surface area (Å²) < 4.78 is 81.2. The number of nitrogens with two attached hydrogens (primary N) is 1. The molecule has 1 unspecified atom stereocenters. The Labute approximate surface area is 198 Å². The van der Waals surface area contributed by atoms with Crippen molar-refractivity contribution in [3.8, 4) is 0 Å². The van der Waals surface area contributed by atoms with Gasteiger partial charge in [0, 0.05) is 0 Å². The molecule has 0 bridgehead atoms. The first-order chi connectivity index (χ1) is 15.1. The molecule has 0 aliphatic rings. The molecule has 0 fully saturated rings. The summed E-state index contributed by atoms with van der Waals surface area (Å²) in [4.78, 5) is 22.7. The maximum absolute atomic E-state index is 13.6. The zero-order chi connectivity index (χ0) is 25.1. The van der Waals surface area contributed by atoms with E-state index in [-0.39, 0.29) is 26.2 Å². The fraction of sp³-hybridized carbons (Fsp3) is 0.200. The van der Waals surface area contributed by atoms with Crippen molar-refractivity contribution < 1.29 is 35.9 Å². The summed E-state index contributed by atoms with van der Waals surface area (Å²) in [5, 5.41) is 1.32. The lowest BCUT2D eigenvalue weighted by molar-refractivity contribution is -0.139. The number of hydrogen-bond acceptors (Lipinski definition) is 2. The highest BCUT2D eigenvalue weighted by Gasteiger charge is 2.40. The van der Waals surface area contributed by atoms with E-state index in [1.54, 1.807) is 0 Å². The van der Waals surface area contributed by atoms with Crippen LogP contribution in [0.1, 0.15) is 33.0 Å². The lowest BCUT2D eigenvalue weighted by Crippen LogP contribution is -2.34. The molecule has 33 heavy (non-hydrogen) atoms. The van der Waals surface area contributed by atoms with Crippen LogP contribution in [0.3, 0.4) is 0 Å². The largest absolute Gasteiger partial charge is 0.417 e. The first kappa shape index (κ1) is 26.8. The van der Waals surface area contributed by atoms with Gasteiger partial charge in [-0.2, -0.15) is 26.3 Å². The van der Waals surface area contributed by atoms with Crippen LogP contribution in [0.4, 0.5) is 26.3 Å². The van der Waals surface area contributed by atoms with E-state index in [9.17, 15) is 35.9 Å². The Morgan fingerprint density at radius 1 is 1.00 bits per heavy atom. The van der Waals surface area contributed by atoms with Gasteiger partial charge in [-0.15, -0.1) is 0 Å². The van der Waals surface area contributed by atoms with Gasteiger partial charge in [-0.25, -0.2) is 0 Å². The highest BCUT2D eigenvalue weighted by molar-refractivity contribution is 6.48. The van der Waals surface area contributed by atoms with E-state index in [0.717, 1.165) is 30.3 Å². The van der Waals surface area contributed by atoms with Crippen LogP contribution >= 0.6 is 34.8 Å². The topological polar surface area (TPSA) is 72.2 Å². The molecule has 4 nitrogen and oxygen atoms in total. The minimum atomic E-state index is -5.01. The molecule has 0 saturated heterocycles. The molecule has 0 heterocycles. The van der Waals surface area contributed by atoms with Crippen LogP contribution in [0.5, 0.6) is 0 Å². The van der Waals surface area contributed by atoms with Crippen molar-refractivity contribution in [3.63, 3.8) is 0 Å². The Bertz CT molecular complexity index is 1080. The minimum absolute atomic E-state index is 0.146. The van der Waals surface area contributed by atoms with Gasteiger partial charge in [0.2, 0.25) is 5.91 Å². The molecule has 0 aliphatic carbocycles. The second kappa shape index (κ2) is 10.2. The summed E-state index contributed by atoms with van der Waals surface area (Å²) in [6, 6.07) is 4.19. The maximum atomic E-state index is 13.6. The normalized spacial score (nSPS) is 13.2. The number of carbonyl (C=O) groups is 2. The van der Waals surface area contributed by atoms with Gasteiger partial charge in [0.25, 0.3) is 5.91 Å². The monoisotopic (exact) mass is 532 g/mol. The van der Waals surface area contributed by atoms with E-state index in [1.807, 2.05) is 5.32 Å². The van der Waals surface area contributed by atoms with Crippen LogP contribution in [0.15, 0.2) is 36.4 Å². The van der Waals surface area contributed by atoms with Crippen molar-refractivity contribution >= 4 is 52.7 Å². The number of halogens is 9. The van der Waals surface area contributed by atoms with Crippen molar-refractivity contribution in [3.05, 3.63) is 73.7 Å². The molecule has 2 amide bonds. The molecule has 2 rings (SSSR count). The molecule has 0 radical (unpaired) electrons. The van der Waals surface area contributed by atoms with Crippen LogP contribution in [-0.2, 0) is 11.0 Å². The fourth-order valence-corrected chi connectivity index (χ4v) is 3.34. The second-order valence-corrected chi connectivity index (χ2v) is 7.82. The Hall–Kier alpha value is -2.43. The smallest absolute Gasteiger partial charge is 0.368 e. The van der Waals surface area contributed by atoms with Gasteiger partial charge in [0.05, 0.1) is 38.7 Å². The molecule has 1 atom stereocenters. The molecule has 0 spiro atoms. The Balaban J connectivity index is 2.47. The zero-order valence-corrected chi connectivity index (χ0v) is 18.4. The number of amides is 2. The van der Waals surface area contributed by atoms with Gasteiger partial charge in [-0.3, -0.25) is 9.59 Å². The Kier molecular flexibility index (Phi) is 8.32. The highest BCUT2D eigenvalue weighted by atomic mass is 35.5. The van der Waals surface area contributed by atoms with E-state index in [1.165, 1.54) is 0 Å². The number of alkyl halides is 6. The van der Waals surface area contributed by atoms with E-state index in [0.29, 0.717) is 12.1 Å². The number of hydrogen-bond donors (Lipinski definition) is 2. The lowest BCUT2D eigenvalue weighted by Gasteiger charge is -2.18. The molecule has 2 aromatic rings. The number of benzene rings is 2. The molecule has 178 valence electrons. The maximum Gasteiger partial charge on any atom is 0.417 e. The summed E-state index contributed by atoms with van der Waals surface area (Å²) in [5.41, 5.74) is 1.96. The predicted octanol–water partition coefficient (Wildman–Crippen LogP) is 6.24. The van der Waals surface area contributed by atoms with Crippen LogP contribution in [0.2, 0.25) is 15.1 Å². The Morgan fingerprint density at radius 2 is 1.58 bits per heavy atom. The summed E-state index contributed by atoms with van der Waals surface area (Å²) in [6.45, 7) is -0.697. The molecular formula is C20H13Cl3F6N2O2. The molecule has 0 saturated carbocycles. The summed E-state index contributed by atoms with van der Waals surface area (Å²) in [7, 11) is 0. The Morgan fingerprint density at radius 3 is 2.06 bits per heavy atom. The van der Waals surface area contributed by atoms with Gasteiger partial charge < -0.3 is 11.1 Å². The van der Waals surface area contributed by atoms with E-state index in [4.69, 9.17) is 40.5 Å². The average Bonchev–Trinajstić information content (AvgIpc) is 2.68. The van der Waals surface area contributed by atoms with Gasteiger partial charge in [0.15, 0.2) is 0 Å². The van der Waals surface area contributed by atoms with Gasteiger partial charge in [-0.1, -0.05) is 53.0 Å². The first-order valence-corrected chi connectivity index (χ1v) is 9.91. The molecule has 3 N–H and O–H groups in total. The van der Waals surface area contributed by atoms with Crippen molar-refractivity contribution in [2.75, 3.05) is 6.54 Å². The van der Waals surface area contributed by atoms with E-state index in [2.05, 4.69) is 0 Å². The standard InChI is InChI=1S/C20H13Cl3F6N2O2/c21-14-6-10(7-15(22)17(14)23)12(19(24,25)26)4-2-9-1-3-11(13(5-9)20(27,28)29)18(33)31-8-16(30)32/h1-7,12H,8H2,(H2,30,32)(H,31,33). The number of allylic oxidation sites excluding steroid dienone is 1. The average molecular weight is 534 g/mol. The second-order valence-electron chi connectivity index (χ2n) is 6.63. The van der Waals surface area contributed by atoms with Crippen LogP contribution in [-0.4, -0.2) is 24.5 Å². The summed E-state index contributed by atoms with van der Waals surface area (Å²) in [5.74, 6) is -4.47. The fourth-order valence-electron chi connectivity index (χ4n) is 2.73. The minimum Gasteiger partial charge on any atom is -0.368 e. The summed E-state index contributed by atoms with van der Waals surface area (Å²) >= 11 is 17.3. The molecule has 0 aliphatic heterocycles. The van der Waals surface area contributed by atoms with E-state index < -0.39 is 47.8 Å². The number of carbonyl (C=O) groups excluding carboxylic acids is 2. The lowest BCUT2D eigenvalue weighted by atomic mass is 9.96. The molecule has 2 aromatic carbocycles. The quantitative estimate of drug-likeness (QED) is 0.341. The van der Waals surface area contributed by atoms with Crippen molar-refractivity contribution in [1.29, 1.82) is 0 Å². The molecule has 0 aromatic heterocycles. The highest BCUT2D eigenvalue weighted by Crippen LogP contribution is 2.41. The summed E-state index contributed by atoms with van der Waals surface area (Å²) in [6.07, 6.45) is -8.41.